The van der Waals surface area contributed by atoms with E-state index in [1.165, 1.54) is 0 Å². The van der Waals surface area contributed by atoms with Gasteiger partial charge in [-0.25, -0.2) is 0 Å². The highest BCUT2D eigenvalue weighted by molar-refractivity contribution is 9.10. The SMILES string of the molecule is N#CC1CCCC1Oc1ccc(Cl)cc1Br. The number of nitrogens with zero attached hydrogens (tertiary/aromatic N) is 1. The van der Waals surface area contributed by atoms with Crippen molar-refractivity contribution in [1.82, 2.24) is 0 Å². The average Bonchev–Trinajstić information content (AvgIpc) is 2.69. The molecule has 0 amide bonds. The Balaban J connectivity index is 2.12. The topological polar surface area (TPSA) is 33.0 Å². The van der Waals surface area contributed by atoms with Gasteiger partial charge in [0.05, 0.1) is 16.5 Å². The van der Waals surface area contributed by atoms with Crippen molar-refractivity contribution in [2.45, 2.75) is 25.4 Å². The number of halogens is 2. The summed E-state index contributed by atoms with van der Waals surface area (Å²) in [6.07, 6.45) is 2.97. The minimum atomic E-state index is 0.0162. The number of benzene rings is 1. The third-order valence-corrected chi connectivity index (χ3v) is 3.65. The summed E-state index contributed by atoms with van der Waals surface area (Å²) < 4.78 is 6.67. The lowest BCUT2D eigenvalue weighted by atomic mass is 10.1. The zero-order chi connectivity index (χ0) is 11.5. The highest BCUT2D eigenvalue weighted by Gasteiger charge is 2.29. The van der Waals surface area contributed by atoms with Crippen molar-refractivity contribution in [2.24, 2.45) is 5.92 Å². The van der Waals surface area contributed by atoms with Gasteiger partial charge in [-0.05, 0) is 53.4 Å². The molecule has 0 radical (unpaired) electrons. The lowest BCUT2D eigenvalue weighted by Crippen LogP contribution is -2.20. The Morgan fingerprint density at radius 3 is 2.94 bits per heavy atom. The van der Waals surface area contributed by atoms with Crippen LogP contribution in [-0.4, -0.2) is 6.10 Å². The fourth-order valence-electron chi connectivity index (χ4n) is 1.95. The fourth-order valence-corrected chi connectivity index (χ4v) is 2.72. The van der Waals surface area contributed by atoms with Crippen LogP contribution < -0.4 is 4.74 Å². The number of rotatable bonds is 2. The predicted octanol–water partition coefficient (Wildman–Crippen LogP) is 4.17. The highest BCUT2D eigenvalue weighted by atomic mass is 79.9. The van der Waals surface area contributed by atoms with Gasteiger partial charge in [0, 0.05) is 5.02 Å². The third kappa shape index (κ3) is 2.50. The van der Waals surface area contributed by atoms with Gasteiger partial charge in [-0.15, -0.1) is 0 Å². The van der Waals surface area contributed by atoms with Crippen molar-refractivity contribution in [3.8, 4) is 11.8 Å². The summed E-state index contributed by atoms with van der Waals surface area (Å²) in [5, 5.41) is 9.63. The molecular formula is C12H11BrClNO. The third-order valence-electron chi connectivity index (χ3n) is 2.79. The second-order valence-electron chi connectivity index (χ2n) is 3.90. The van der Waals surface area contributed by atoms with Crippen molar-refractivity contribution in [3.05, 3.63) is 27.7 Å². The van der Waals surface area contributed by atoms with Gasteiger partial charge in [-0.2, -0.15) is 5.26 Å². The largest absolute Gasteiger partial charge is 0.488 e. The maximum absolute atomic E-state index is 8.97. The maximum Gasteiger partial charge on any atom is 0.134 e. The molecule has 2 nitrogen and oxygen atoms in total. The molecule has 1 aliphatic rings. The Morgan fingerprint density at radius 2 is 2.25 bits per heavy atom. The van der Waals surface area contributed by atoms with Crippen LogP contribution in [0.1, 0.15) is 19.3 Å². The van der Waals surface area contributed by atoms with Gasteiger partial charge in [-0.3, -0.25) is 0 Å². The second kappa shape index (κ2) is 5.07. The summed E-state index contributed by atoms with van der Waals surface area (Å²) in [7, 11) is 0. The molecule has 2 atom stereocenters. The highest BCUT2D eigenvalue weighted by Crippen LogP contribution is 2.34. The van der Waals surface area contributed by atoms with Crippen molar-refractivity contribution in [1.29, 1.82) is 5.26 Å². The summed E-state index contributed by atoms with van der Waals surface area (Å²) in [4.78, 5) is 0. The van der Waals surface area contributed by atoms with Crippen LogP contribution in [0.25, 0.3) is 0 Å². The van der Waals surface area contributed by atoms with Crippen LogP contribution in [0.5, 0.6) is 5.75 Å². The van der Waals surface area contributed by atoms with Gasteiger partial charge >= 0.3 is 0 Å². The van der Waals surface area contributed by atoms with Crippen LogP contribution in [0.15, 0.2) is 22.7 Å². The summed E-state index contributed by atoms with van der Waals surface area (Å²) >= 11 is 9.26. The average molecular weight is 301 g/mol. The van der Waals surface area contributed by atoms with Crippen molar-refractivity contribution >= 4 is 27.5 Å². The predicted molar refractivity (Wildman–Crippen MR) is 66.5 cm³/mol. The van der Waals surface area contributed by atoms with E-state index in [0.29, 0.717) is 5.02 Å². The lowest BCUT2D eigenvalue weighted by molar-refractivity contribution is 0.181. The van der Waals surface area contributed by atoms with Crippen LogP contribution in [0, 0.1) is 17.2 Å². The Morgan fingerprint density at radius 1 is 1.44 bits per heavy atom. The van der Waals surface area contributed by atoms with E-state index in [9.17, 15) is 0 Å². The van der Waals surface area contributed by atoms with Crippen molar-refractivity contribution in [3.63, 3.8) is 0 Å². The van der Waals surface area contributed by atoms with Crippen LogP contribution in [0.4, 0.5) is 0 Å². The Hall–Kier alpha value is -0.720. The summed E-state index contributed by atoms with van der Waals surface area (Å²) in [5.41, 5.74) is 0. The standard InChI is InChI=1S/C12H11BrClNO/c13-10-6-9(14)4-5-12(10)16-11-3-1-2-8(11)7-15/h4-6,8,11H,1-3H2. The van der Waals surface area contributed by atoms with E-state index in [1.807, 2.05) is 6.07 Å². The van der Waals surface area contributed by atoms with E-state index in [4.69, 9.17) is 21.6 Å². The summed E-state index contributed by atoms with van der Waals surface area (Å²) in [5.74, 6) is 0.777. The number of nitriles is 1. The summed E-state index contributed by atoms with van der Waals surface area (Å²) in [6.45, 7) is 0. The molecule has 0 spiro atoms. The van der Waals surface area contributed by atoms with Gasteiger partial charge in [-0.1, -0.05) is 11.6 Å². The summed E-state index contributed by atoms with van der Waals surface area (Å²) in [6, 6.07) is 7.72. The van der Waals surface area contributed by atoms with E-state index in [2.05, 4.69) is 22.0 Å². The number of ether oxygens (including phenoxy) is 1. The normalized spacial score (nSPS) is 24.1. The Bertz CT molecular complexity index is 430. The smallest absolute Gasteiger partial charge is 0.134 e. The monoisotopic (exact) mass is 299 g/mol. The van der Waals surface area contributed by atoms with Crippen LogP contribution in [-0.2, 0) is 0 Å². The first kappa shape index (κ1) is 11.8. The molecule has 0 aliphatic heterocycles. The molecule has 0 heterocycles. The molecule has 0 bridgehead atoms. The molecule has 2 rings (SSSR count). The van der Waals surface area contributed by atoms with E-state index in [1.54, 1.807) is 12.1 Å². The minimum Gasteiger partial charge on any atom is -0.488 e. The molecular weight excluding hydrogens is 289 g/mol. The molecule has 1 saturated carbocycles. The lowest BCUT2D eigenvalue weighted by Gasteiger charge is -2.17. The Kier molecular flexibility index (Phi) is 3.73. The van der Waals surface area contributed by atoms with Gasteiger partial charge in [0.1, 0.15) is 11.9 Å². The van der Waals surface area contributed by atoms with Crippen LogP contribution in [0.2, 0.25) is 5.02 Å². The van der Waals surface area contributed by atoms with E-state index < -0.39 is 0 Å². The fraction of sp³-hybridized carbons (Fsp3) is 0.417. The zero-order valence-electron chi connectivity index (χ0n) is 8.62. The molecule has 84 valence electrons. The first-order chi connectivity index (χ1) is 7.70. The second-order valence-corrected chi connectivity index (χ2v) is 5.19. The van der Waals surface area contributed by atoms with Gasteiger partial charge in [0.15, 0.2) is 0 Å². The molecule has 4 heteroatoms. The molecule has 1 aromatic rings. The molecule has 0 aromatic heterocycles. The van der Waals surface area contributed by atoms with Gasteiger partial charge < -0.3 is 4.74 Å². The quantitative estimate of drug-likeness (QED) is 0.821. The zero-order valence-corrected chi connectivity index (χ0v) is 11.0. The number of hydrogen-bond acceptors (Lipinski definition) is 2. The van der Waals surface area contributed by atoms with E-state index in [0.717, 1.165) is 29.5 Å². The van der Waals surface area contributed by atoms with Gasteiger partial charge in [0.25, 0.3) is 0 Å². The first-order valence-corrected chi connectivity index (χ1v) is 6.39. The molecule has 2 unspecified atom stereocenters. The van der Waals surface area contributed by atoms with E-state index >= 15 is 0 Å². The number of hydrogen-bond donors (Lipinski definition) is 0. The first-order valence-electron chi connectivity index (χ1n) is 5.22. The van der Waals surface area contributed by atoms with Crippen molar-refractivity contribution in [2.75, 3.05) is 0 Å². The maximum atomic E-state index is 8.97. The molecule has 1 fully saturated rings. The van der Waals surface area contributed by atoms with E-state index in [-0.39, 0.29) is 12.0 Å². The molecule has 1 aliphatic carbocycles. The minimum absolute atomic E-state index is 0.0162. The molecule has 0 N–H and O–H groups in total. The van der Waals surface area contributed by atoms with Crippen LogP contribution >= 0.6 is 27.5 Å². The van der Waals surface area contributed by atoms with Crippen LogP contribution in [0.3, 0.4) is 0 Å². The van der Waals surface area contributed by atoms with Crippen molar-refractivity contribution < 1.29 is 4.74 Å². The molecule has 0 saturated heterocycles. The van der Waals surface area contributed by atoms with Gasteiger partial charge in [0.2, 0.25) is 0 Å². The Labute approximate surface area is 108 Å². The molecule has 16 heavy (non-hydrogen) atoms. The molecule has 1 aromatic carbocycles.